The number of anilines is 2. The van der Waals surface area contributed by atoms with Gasteiger partial charge in [-0.05, 0) is 26.2 Å². The maximum absolute atomic E-state index is 6.16. The van der Waals surface area contributed by atoms with Crippen molar-refractivity contribution in [1.29, 1.82) is 0 Å². The summed E-state index contributed by atoms with van der Waals surface area (Å²) in [6, 6.07) is 0. The van der Waals surface area contributed by atoms with Crippen molar-refractivity contribution >= 4 is 11.5 Å². The number of rotatable bonds is 5. The number of fused-ring (bicyclic) bond motifs is 1. The number of quaternary nitrogens is 1. The predicted octanol–water partition coefficient (Wildman–Crippen LogP) is 1.31. The quantitative estimate of drug-likeness (QED) is 0.777. The van der Waals surface area contributed by atoms with Crippen LogP contribution in [-0.2, 0) is 13.0 Å². The predicted molar refractivity (Wildman–Crippen MR) is 75.6 cm³/mol. The van der Waals surface area contributed by atoms with E-state index < -0.39 is 0 Å². The van der Waals surface area contributed by atoms with E-state index >= 15 is 0 Å². The second-order valence-corrected chi connectivity index (χ2v) is 5.79. The Hall–Kier alpha value is -1.23. The molecule has 0 atom stereocenters. The summed E-state index contributed by atoms with van der Waals surface area (Å²) in [6.07, 6.45) is 3.51. The molecule has 2 rings (SSSR count). The number of hydrogen-bond acceptors (Lipinski definition) is 3. The Morgan fingerprint density at radius 3 is 2.83 bits per heavy atom. The Morgan fingerprint density at radius 1 is 1.39 bits per heavy atom. The fourth-order valence-corrected chi connectivity index (χ4v) is 2.28. The van der Waals surface area contributed by atoms with Crippen LogP contribution in [0.5, 0.6) is 0 Å². The highest BCUT2D eigenvalue weighted by molar-refractivity contribution is 5.64. The average molecular weight is 252 g/mol. The van der Waals surface area contributed by atoms with E-state index in [2.05, 4.69) is 36.1 Å². The van der Waals surface area contributed by atoms with Gasteiger partial charge in [0.15, 0.2) is 5.82 Å². The van der Waals surface area contributed by atoms with Crippen LogP contribution in [0.25, 0.3) is 0 Å². The van der Waals surface area contributed by atoms with Crippen molar-refractivity contribution in [2.24, 2.45) is 0 Å². The maximum atomic E-state index is 6.16. The molecule has 18 heavy (non-hydrogen) atoms. The number of aryl methyl sites for hydroxylation is 1. The van der Waals surface area contributed by atoms with Crippen LogP contribution in [0, 0.1) is 0 Å². The van der Waals surface area contributed by atoms with E-state index in [-0.39, 0.29) is 0 Å². The fraction of sp³-hybridized carbons (Fsp3) is 0.769. The lowest BCUT2D eigenvalue weighted by Gasteiger charge is -2.28. The smallest absolute Gasteiger partial charge is 0.171 e. The van der Waals surface area contributed by atoms with Crippen LogP contribution in [0.4, 0.5) is 11.5 Å². The van der Waals surface area contributed by atoms with Gasteiger partial charge in [-0.3, -0.25) is 4.68 Å². The summed E-state index contributed by atoms with van der Waals surface area (Å²) in [6.45, 7) is 6.36. The zero-order valence-corrected chi connectivity index (χ0v) is 11.9. The molecule has 1 aliphatic heterocycles. The second kappa shape index (κ2) is 5.18. The van der Waals surface area contributed by atoms with Crippen molar-refractivity contribution in [2.75, 3.05) is 44.8 Å². The number of nitrogens with one attached hydrogen (secondary N) is 1. The molecule has 0 saturated carbocycles. The van der Waals surface area contributed by atoms with E-state index in [1.54, 1.807) is 0 Å². The lowest BCUT2D eigenvalue weighted by Crippen LogP contribution is -2.42. The maximum Gasteiger partial charge on any atom is 0.171 e. The summed E-state index contributed by atoms with van der Waals surface area (Å²) in [5.41, 5.74) is 8.23. The fourth-order valence-electron chi connectivity index (χ4n) is 2.28. The van der Waals surface area contributed by atoms with Crippen LogP contribution in [0.2, 0.25) is 0 Å². The molecule has 1 aromatic heterocycles. The molecule has 0 radical (unpaired) electrons. The summed E-state index contributed by atoms with van der Waals surface area (Å²) >= 11 is 0. The third-order valence-electron chi connectivity index (χ3n) is 4.00. The number of nitrogens with zero attached hydrogens (tertiary/aromatic N) is 3. The highest BCUT2D eigenvalue weighted by Gasteiger charge is 2.18. The van der Waals surface area contributed by atoms with Gasteiger partial charge in [0.25, 0.3) is 0 Å². The monoisotopic (exact) mass is 252 g/mol. The SMILES string of the molecule is CC[N+](C)(C)CCNc1nn2c(c1N)CCCC2. The van der Waals surface area contributed by atoms with Crippen molar-refractivity contribution in [2.45, 2.75) is 32.7 Å². The molecular formula is C13H26N5+. The first-order chi connectivity index (χ1) is 8.53. The number of aromatic nitrogens is 2. The van der Waals surface area contributed by atoms with Crippen molar-refractivity contribution in [3.8, 4) is 0 Å². The number of nitrogens with two attached hydrogens (primary N) is 1. The molecule has 0 aromatic carbocycles. The molecule has 5 nitrogen and oxygen atoms in total. The Bertz CT molecular complexity index is 408. The second-order valence-electron chi connectivity index (χ2n) is 5.79. The number of hydrogen-bond donors (Lipinski definition) is 2. The summed E-state index contributed by atoms with van der Waals surface area (Å²) in [5, 5.41) is 7.96. The molecule has 5 heteroatoms. The molecule has 0 bridgehead atoms. The van der Waals surface area contributed by atoms with Gasteiger partial charge in [-0.2, -0.15) is 5.10 Å². The van der Waals surface area contributed by atoms with E-state index in [1.165, 1.54) is 18.5 Å². The van der Waals surface area contributed by atoms with Crippen LogP contribution in [-0.4, -0.2) is 48.0 Å². The van der Waals surface area contributed by atoms with Crippen molar-refractivity contribution < 1.29 is 4.48 Å². The van der Waals surface area contributed by atoms with Gasteiger partial charge >= 0.3 is 0 Å². The standard InChI is InChI=1S/C13H26N5/c1-4-18(2,3)10-8-15-13-12(14)11-7-5-6-9-17(11)16-13/h4-10,14H2,1-3H3,(H,15,16)/q+1. The Kier molecular flexibility index (Phi) is 3.80. The first-order valence-electron chi connectivity index (χ1n) is 6.94. The Balaban J connectivity index is 1.96. The highest BCUT2D eigenvalue weighted by atomic mass is 15.3. The first-order valence-corrected chi connectivity index (χ1v) is 6.94. The lowest BCUT2D eigenvalue weighted by molar-refractivity contribution is -0.886. The van der Waals surface area contributed by atoms with Gasteiger partial charge < -0.3 is 15.5 Å². The van der Waals surface area contributed by atoms with E-state index in [0.717, 1.165) is 48.6 Å². The number of nitrogen functional groups attached to an aromatic ring is 1. The van der Waals surface area contributed by atoms with Gasteiger partial charge in [0.1, 0.15) is 0 Å². The molecular weight excluding hydrogens is 226 g/mol. The summed E-state index contributed by atoms with van der Waals surface area (Å²) in [5.74, 6) is 0.878. The van der Waals surface area contributed by atoms with Gasteiger partial charge in [0.2, 0.25) is 0 Å². The van der Waals surface area contributed by atoms with Crippen LogP contribution in [0.1, 0.15) is 25.5 Å². The topological polar surface area (TPSA) is 55.9 Å². The largest absolute Gasteiger partial charge is 0.394 e. The zero-order valence-electron chi connectivity index (χ0n) is 11.9. The molecule has 0 fully saturated rings. The van der Waals surface area contributed by atoms with E-state index in [9.17, 15) is 0 Å². The molecule has 3 N–H and O–H groups in total. The van der Waals surface area contributed by atoms with Crippen molar-refractivity contribution in [3.63, 3.8) is 0 Å². The summed E-state index contributed by atoms with van der Waals surface area (Å²) in [4.78, 5) is 0. The van der Waals surface area contributed by atoms with Crippen molar-refractivity contribution in [1.82, 2.24) is 9.78 Å². The van der Waals surface area contributed by atoms with Gasteiger partial charge in [0, 0.05) is 6.54 Å². The molecule has 0 spiro atoms. The Morgan fingerprint density at radius 2 is 2.17 bits per heavy atom. The molecule has 1 aromatic rings. The molecule has 0 saturated heterocycles. The first kappa shape index (κ1) is 13.2. The summed E-state index contributed by atoms with van der Waals surface area (Å²) < 4.78 is 3.08. The third kappa shape index (κ3) is 2.77. The van der Waals surface area contributed by atoms with Crippen LogP contribution >= 0.6 is 0 Å². The van der Waals surface area contributed by atoms with Crippen molar-refractivity contribution in [3.05, 3.63) is 5.69 Å². The van der Waals surface area contributed by atoms with Crippen LogP contribution < -0.4 is 11.1 Å². The third-order valence-corrected chi connectivity index (χ3v) is 4.00. The van der Waals surface area contributed by atoms with Crippen LogP contribution in [0.15, 0.2) is 0 Å². The average Bonchev–Trinajstić information content (AvgIpc) is 2.67. The van der Waals surface area contributed by atoms with E-state index in [4.69, 9.17) is 5.73 Å². The lowest BCUT2D eigenvalue weighted by atomic mass is 10.1. The summed E-state index contributed by atoms with van der Waals surface area (Å²) in [7, 11) is 4.48. The van der Waals surface area contributed by atoms with E-state index in [0.29, 0.717) is 0 Å². The minimum Gasteiger partial charge on any atom is -0.394 e. The molecule has 0 aliphatic carbocycles. The zero-order chi connectivity index (χ0) is 13.2. The molecule has 1 aliphatic rings. The molecule has 102 valence electrons. The minimum atomic E-state index is 0.858. The number of likely N-dealkylation sites (N-methyl/N-ethyl adjacent to an activating group) is 1. The Labute approximate surface area is 110 Å². The molecule has 2 heterocycles. The molecule has 0 unspecified atom stereocenters. The molecule has 0 amide bonds. The van der Waals surface area contributed by atoms with Gasteiger partial charge in [-0.1, -0.05) is 0 Å². The van der Waals surface area contributed by atoms with Gasteiger partial charge in [-0.25, -0.2) is 0 Å². The van der Waals surface area contributed by atoms with E-state index in [1.807, 2.05) is 0 Å². The van der Waals surface area contributed by atoms with Gasteiger partial charge in [-0.15, -0.1) is 0 Å². The van der Waals surface area contributed by atoms with Gasteiger partial charge in [0.05, 0.1) is 45.1 Å². The van der Waals surface area contributed by atoms with Crippen LogP contribution in [0.3, 0.4) is 0 Å². The normalized spacial score (nSPS) is 15.5. The highest BCUT2D eigenvalue weighted by Crippen LogP contribution is 2.26. The minimum absolute atomic E-state index is 0.858.